The number of anilines is 1. The normalized spacial score (nSPS) is 15.6. The van der Waals surface area contributed by atoms with Crippen molar-refractivity contribution in [1.82, 2.24) is 19.9 Å². The van der Waals surface area contributed by atoms with E-state index in [9.17, 15) is 14.4 Å². The second kappa shape index (κ2) is 10.9. The van der Waals surface area contributed by atoms with Crippen LogP contribution in [0.4, 0.5) is 10.2 Å². The second-order valence-corrected chi connectivity index (χ2v) is 10.5. The molecule has 0 spiro atoms. The predicted molar refractivity (Wildman–Crippen MR) is 150 cm³/mol. The van der Waals surface area contributed by atoms with Crippen molar-refractivity contribution < 1.29 is 9.18 Å². The minimum absolute atomic E-state index is 0.0640. The summed E-state index contributed by atoms with van der Waals surface area (Å²) in [5.41, 5.74) is 3.14. The van der Waals surface area contributed by atoms with Crippen LogP contribution in [0.25, 0.3) is 32.9 Å². The first kappa shape index (κ1) is 25.9. The molecule has 0 radical (unpaired) electrons. The molecule has 0 saturated carbocycles. The number of thioether (sulfide) groups is 1. The van der Waals surface area contributed by atoms with E-state index in [0.29, 0.717) is 40.1 Å². The minimum Gasteiger partial charge on any atom is -0.351 e. The number of hydrogen-bond donors (Lipinski definition) is 0. The van der Waals surface area contributed by atoms with Crippen LogP contribution >= 0.6 is 23.4 Å². The van der Waals surface area contributed by atoms with Gasteiger partial charge in [-0.15, -0.1) is 0 Å². The standard InChI is InChI=1S/C28H24ClFN6OS/c1-3-38-28-33-23-14-19(21-8-4-6-18-7-5-9-22(29)24(18)21)15-32-25(23)26(34-28)35-12-13-36(27(37)17(2)30)20(16-35)10-11-31/h4-9,14-15,20H,2-3,10,12-13,16H2,1H3. The highest BCUT2D eigenvalue weighted by molar-refractivity contribution is 7.99. The van der Waals surface area contributed by atoms with Gasteiger partial charge in [0, 0.05) is 41.8 Å². The van der Waals surface area contributed by atoms with Crippen molar-refractivity contribution in [1.29, 1.82) is 5.26 Å². The van der Waals surface area contributed by atoms with Gasteiger partial charge >= 0.3 is 0 Å². The summed E-state index contributed by atoms with van der Waals surface area (Å²) in [6.07, 6.45) is 1.86. The molecule has 2 aromatic heterocycles. The molecule has 1 amide bonds. The van der Waals surface area contributed by atoms with Crippen molar-refractivity contribution in [3.8, 4) is 17.2 Å². The van der Waals surface area contributed by atoms with Gasteiger partial charge in [-0.1, -0.05) is 67.2 Å². The number of carbonyl (C=O) groups is 1. The molecular weight excluding hydrogens is 523 g/mol. The number of rotatable bonds is 6. The van der Waals surface area contributed by atoms with Crippen LogP contribution in [0, 0.1) is 11.3 Å². The van der Waals surface area contributed by atoms with E-state index in [4.69, 9.17) is 26.6 Å². The number of benzene rings is 2. The van der Waals surface area contributed by atoms with Gasteiger partial charge in [-0.05, 0) is 28.8 Å². The highest BCUT2D eigenvalue weighted by atomic mass is 35.5. The molecule has 0 N–H and O–H groups in total. The van der Waals surface area contributed by atoms with Crippen LogP contribution < -0.4 is 4.90 Å². The number of carbonyl (C=O) groups excluding carboxylic acids is 1. The Morgan fingerprint density at radius 3 is 2.79 bits per heavy atom. The molecule has 5 rings (SSSR count). The summed E-state index contributed by atoms with van der Waals surface area (Å²) in [7, 11) is 0. The lowest BCUT2D eigenvalue weighted by Gasteiger charge is -2.41. The number of aromatic nitrogens is 3. The number of nitriles is 1. The van der Waals surface area contributed by atoms with Crippen molar-refractivity contribution in [2.24, 2.45) is 0 Å². The maximum absolute atomic E-state index is 13.6. The monoisotopic (exact) mass is 546 g/mol. The summed E-state index contributed by atoms with van der Waals surface area (Å²) < 4.78 is 13.6. The number of halogens is 2. The smallest absolute Gasteiger partial charge is 0.282 e. The summed E-state index contributed by atoms with van der Waals surface area (Å²) in [6.45, 7) is 6.13. The number of piperazine rings is 1. The molecule has 1 unspecified atom stereocenters. The van der Waals surface area contributed by atoms with Gasteiger partial charge in [-0.25, -0.2) is 14.4 Å². The predicted octanol–water partition coefficient (Wildman–Crippen LogP) is 6.02. The lowest BCUT2D eigenvalue weighted by atomic mass is 9.99. The summed E-state index contributed by atoms with van der Waals surface area (Å²) in [5, 5.41) is 12.6. The fourth-order valence-corrected chi connectivity index (χ4v) is 5.69. The fourth-order valence-electron chi connectivity index (χ4n) is 4.83. The Morgan fingerprint density at radius 2 is 2.05 bits per heavy atom. The van der Waals surface area contributed by atoms with Crippen molar-refractivity contribution >= 4 is 56.9 Å². The summed E-state index contributed by atoms with van der Waals surface area (Å²) in [6, 6.07) is 15.5. The first-order valence-electron chi connectivity index (χ1n) is 12.2. The number of fused-ring (bicyclic) bond motifs is 2. The van der Waals surface area contributed by atoms with E-state index in [1.807, 2.05) is 54.3 Å². The van der Waals surface area contributed by atoms with Crippen LogP contribution in [-0.2, 0) is 4.79 Å². The van der Waals surface area contributed by atoms with Crippen LogP contribution in [0.2, 0.25) is 5.02 Å². The van der Waals surface area contributed by atoms with Crippen LogP contribution in [0.5, 0.6) is 0 Å². The summed E-state index contributed by atoms with van der Waals surface area (Å²) in [5.74, 6) is -0.397. The van der Waals surface area contributed by atoms with Crippen LogP contribution in [0.1, 0.15) is 13.3 Å². The number of hydrogen-bond acceptors (Lipinski definition) is 7. The largest absolute Gasteiger partial charge is 0.351 e. The van der Waals surface area contributed by atoms with E-state index in [1.54, 1.807) is 6.20 Å². The highest BCUT2D eigenvalue weighted by Gasteiger charge is 2.33. The van der Waals surface area contributed by atoms with E-state index in [-0.39, 0.29) is 13.0 Å². The lowest BCUT2D eigenvalue weighted by molar-refractivity contribution is -0.131. The Kier molecular flexibility index (Phi) is 7.45. The quantitative estimate of drug-likeness (QED) is 0.166. The Hall–Kier alpha value is -3.74. The molecule has 1 aliphatic heterocycles. The lowest BCUT2D eigenvalue weighted by Crippen LogP contribution is -2.55. The molecule has 0 aliphatic carbocycles. The van der Waals surface area contributed by atoms with Crippen molar-refractivity contribution in [3.05, 3.63) is 66.1 Å². The molecule has 192 valence electrons. The number of pyridine rings is 1. The zero-order chi connectivity index (χ0) is 26.8. The van der Waals surface area contributed by atoms with Crippen molar-refractivity contribution in [2.45, 2.75) is 24.5 Å². The Bertz CT molecular complexity index is 1600. The molecule has 1 aliphatic rings. The average Bonchev–Trinajstić information content (AvgIpc) is 2.92. The third-order valence-electron chi connectivity index (χ3n) is 6.54. The first-order chi connectivity index (χ1) is 18.4. The minimum atomic E-state index is -1.03. The maximum atomic E-state index is 13.6. The number of nitrogens with zero attached hydrogens (tertiary/aromatic N) is 6. The van der Waals surface area contributed by atoms with Crippen LogP contribution in [0.3, 0.4) is 0 Å². The fraction of sp³-hybridized carbons (Fsp3) is 0.250. The maximum Gasteiger partial charge on any atom is 0.282 e. The molecule has 4 aromatic rings. The van der Waals surface area contributed by atoms with Crippen molar-refractivity contribution in [2.75, 3.05) is 30.3 Å². The molecule has 3 heterocycles. The van der Waals surface area contributed by atoms with E-state index in [0.717, 1.165) is 27.7 Å². The molecule has 38 heavy (non-hydrogen) atoms. The molecule has 7 nitrogen and oxygen atoms in total. The molecule has 1 saturated heterocycles. The van der Waals surface area contributed by atoms with Gasteiger partial charge in [0.05, 0.1) is 24.0 Å². The van der Waals surface area contributed by atoms with Crippen LogP contribution in [-0.4, -0.2) is 57.2 Å². The van der Waals surface area contributed by atoms with Crippen molar-refractivity contribution in [3.63, 3.8) is 0 Å². The Balaban J connectivity index is 1.59. The van der Waals surface area contributed by atoms with Gasteiger partial charge in [0.2, 0.25) is 0 Å². The van der Waals surface area contributed by atoms with E-state index >= 15 is 0 Å². The highest BCUT2D eigenvalue weighted by Crippen LogP contribution is 2.36. The van der Waals surface area contributed by atoms with Gasteiger partial charge in [0.25, 0.3) is 5.91 Å². The first-order valence-corrected chi connectivity index (χ1v) is 13.5. The van der Waals surface area contributed by atoms with E-state index in [1.165, 1.54) is 16.7 Å². The molecule has 2 aromatic carbocycles. The Labute approximate surface area is 228 Å². The zero-order valence-corrected chi connectivity index (χ0v) is 22.3. The van der Waals surface area contributed by atoms with Gasteiger partial charge in [0.1, 0.15) is 5.52 Å². The summed E-state index contributed by atoms with van der Waals surface area (Å²) >= 11 is 8.10. The number of amides is 1. The van der Waals surface area contributed by atoms with Gasteiger partial charge in [-0.3, -0.25) is 9.78 Å². The van der Waals surface area contributed by atoms with Crippen LogP contribution in [0.15, 0.2) is 66.2 Å². The van der Waals surface area contributed by atoms with E-state index in [2.05, 4.69) is 12.6 Å². The second-order valence-electron chi connectivity index (χ2n) is 8.86. The Morgan fingerprint density at radius 1 is 1.26 bits per heavy atom. The van der Waals surface area contributed by atoms with Gasteiger partial charge in [-0.2, -0.15) is 5.26 Å². The molecule has 0 bridgehead atoms. The summed E-state index contributed by atoms with van der Waals surface area (Å²) in [4.78, 5) is 30.1. The average molecular weight is 547 g/mol. The molecular formula is C28H24ClFN6OS. The van der Waals surface area contributed by atoms with E-state index < -0.39 is 17.8 Å². The third-order valence-corrected chi connectivity index (χ3v) is 7.58. The molecule has 1 atom stereocenters. The van der Waals surface area contributed by atoms with Gasteiger partial charge < -0.3 is 9.80 Å². The zero-order valence-electron chi connectivity index (χ0n) is 20.7. The third kappa shape index (κ3) is 4.89. The molecule has 1 fully saturated rings. The molecule has 10 heteroatoms. The topological polar surface area (TPSA) is 86.0 Å². The van der Waals surface area contributed by atoms with Gasteiger partial charge in [0.15, 0.2) is 16.8 Å². The SMILES string of the molecule is C=C(F)C(=O)N1CCN(c2nc(SCC)nc3cc(-c4cccc5cccc(Cl)c45)cnc23)CC1CC#N.